The Hall–Kier alpha value is -3.93. The number of nitrogens with zero attached hydrogens (tertiary/aromatic N) is 3. The largest absolute Gasteiger partial charge is 0.462 e. The Labute approximate surface area is 202 Å². The van der Waals surface area contributed by atoms with Gasteiger partial charge < -0.3 is 24.0 Å². The molecule has 4 rings (SSSR count). The summed E-state index contributed by atoms with van der Waals surface area (Å²) in [5.41, 5.74) is 3.01. The third kappa shape index (κ3) is 5.82. The lowest BCUT2D eigenvalue weighted by Gasteiger charge is -2.08. The van der Waals surface area contributed by atoms with Gasteiger partial charge in [-0.25, -0.2) is 9.18 Å². The standard InChI is InChI=1S/C24H22F4N4O4/c1-2-35-22(34)17-13-32-12-14(3-8-18(32)20(17)15-4-6-16(25)7-5-15)11-29-23-31-30-21(36-23)19(33)9-10-24(26,27)28/h3-8,12-13,19,33H,2,9-11H2,1H3,(H,29,31). The van der Waals surface area contributed by atoms with Gasteiger partial charge in [-0.05, 0) is 42.7 Å². The minimum Gasteiger partial charge on any atom is -0.462 e. The summed E-state index contributed by atoms with van der Waals surface area (Å²) in [4.78, 5) is 12.6. The Morgan fingerprint density at radius 3 is 2.61 bits per heavy atom. The van der Waals surface area contributed by atoms with Crippen LogP contribution >= 0.6 is 0 Å². The molecular formula is C24H22F4N4O4. The van der Waals surface area contributed by atoms with E-state index in [1.54, 1.807) is 48.0 Å². The zero-order valence-electron chi connectivity index (χ0n) is 19.1. The van der Waals surface area contributed by atoms with Crippen molar-refractivity contribution in [3.63, 3.8) is 0 Å². The van der Waals surface area contributed by atoms with Crippen LogP contribution in [-0.4, -0.2) is 38.5 Å². The summed E-state index contributed by atoms with van der Waals surface area (Å²) in [6.45, 7) is 2.10. The molecule has 0 aliphatic heterocycles. The van der Waals surface area contributed by atoms with Gasteiger partial charge in [0.15, 0.2) is 0 Å². The molecule has 0 amide bonds. The number of carbonyl (C=O) groups excluding carboxylic acids is 1. The summed E-state index contributed by atoms with van der Waals surface area (Å²) in [5, 5.41) is 20.0. The van der Waals surface area contributed by atoms with Crippen LogP contribution in [0, 0.1) is 5.82 Å². The average molecular weight is 506 g/mol. The van der Waals surface area contributed by atoms with E-state index in [2.05, 4.69) is 15.5 Å². The number of pyridine rings is 1. The molecule has 4 aromatic rings. The molecule has 190 valence electrons. The Kier molecular flexibility index (Phi) is 7.25. The quantitative estimate of drug-likeness (QED) is 0.235. The van der Waals surface area contributed by atoms with Crippen molar-refractivity contribution in [2.45, 2.75) is 38.6 Å². The normalized spacial score (nSPS) is 12.6. The third-order valence-corrected chi connectivity index (χ3v) is 5.33. The fourth-order valence-corrected chi connectivity index (χ4v) is 3.65. The summed E-state index contributed by atoms with van der Waals surface area (Å²) < 4.78 is 62.6. The maximum absolute atomic E-state index is 13.5. The number of aliphatic hydroxyl groups excluding tert-OH is 1. The van der Waals surface area contributed by atoms with Crippen molar-refractivity contribution in [2.75, 3.05) is 11.9 Å². The SMILES string of the molecule is CCOC(=O)c1cn2cc(CNc3nnc(C(O)CCC(F)(F)F)o3)ccc2c1-c1ccc(F)cc1. The molecule has 0 radical (unpaired) electrons. The Balaban J connectivity index is 1.53. The highest BCUT2D eigenvalue weighted by Crippen LogP contribution is 2.32. The van der Waals surface area contributed by atoms with Crippen LogP contribution in [0.1, 0.15) is 47.7 Å². The number of halogens is 4. The predicted molar refractivity (Wildman–Crippen MR) is 121 cm³/mol. The van der Waals surface area contributed by atoms with Crippen LogP contribution in [-0.2, 0) is 11.3 Å². The number of anilines is 1. The molecule has 36 heavy (non-hydrogen) atoms. The first-order valence-corrected chi connectivity index (χ1v) is 11.0. The molecule has 0 aliphatic carbocycles. The maximum atomic E-state index is 13.5. The highest BCUT2D eigenvalue weighted by molar-refractivity contribution is 6.02. The number of aromatic nitrogens is 3. The summed E-state index contributed by atoms with van der Waals surface area (Å²) in [5.74, 6) is -1.22. The van der Waals surface area contributed by atoms with E-state index in [0.29, 0.717) is 22.2 Å². The molecule has 3 aromatic heterocycles. The lowest BCUT2D eigenvalue weighted by molar-refractivity contribution is -0.140. The van der Waals surface area contributed by atoms with Crippen LogP contribution in [0.2, 0.25) is 0 Å². The molecule has 1 aromatic carbocycles. The van der Waals surface area contributed by atoms with Gasteiger partial charge in [0.05, 0.1) is 17.7 Å². The van der Waals surface area contributed by atoms with Gasteiger partial charge in [-0.1, -0.05) is 23.3 Å². The number of fused-ring (bicyclic) bond motifs is 1. The molecule has 0 saturated carbocycles. The second-order valence-corrected chi connectivity index (χ2v) is 7.94. The molecule has 3 heterocycles. The summed E-state index contributed by atoms with van der Waals surface area (Å²) in [6, 6.07) is 9.30. The Morgan fingerprint density at radius 2 is 1.92 bits per heavy atom. The molecule has 1 unspecified atom stereocenters. The number of hydrogen-bond acceptors (Lipinski definition) is 7. The lowest BCUT2D eigenvalue weighted by Crippen LogP contribution is -2.10. The number of ether oxygens (including phenoxy) is 1. The Bertz CT molecular complexity index is 1350. The topological polar surface area (TPSA) is 102 Å². The summed E-state index contributed by atoms with van der Waals surface area (Å²) >= 11 is 0. The third-order valence-electron chi connectivity index (χ3n) is 5.33. The number of aliphatic hydroxyl groups is 1. The highest BCUT2D eigenvalue weighted by Gasteiger charge is 2.29. The van der Waals surface area contributed by atoms with E-state index in [1.165, 1.54) is 12.1 Å². The van der Waals surface area contributed by atoms with Crippen LogP contribution in [0.15, 0.2) is 53.2 Å². The van der Waals surface area contributed by atoms with Crippen molar-refractivity contribution in [1.29, 1.82) is 0 Å². The fraction of sp³-hybridized carbons (Fsp3) is 0.292. The van der Waals surface area contributed by atoms with Gasteiger partial charge >= 0.3 is 18.2 Å². The van der Waals surface area contributed by atoms with Gasteiger partial charge in [-0.3, -0.25) is 0 Å². The first kappa shape index (κ1) is 25.2. The molecule has 1 atom stereocenters. The zero-order chi connectivity index (χ0) is 25.9. The van der Waals surface area contributed by atoms with E-state index in [1.807, 2.05) is 0 Å². The van der Waals surface area contributed by atoms with Gasteiger partial charge in [-0.2, -0.15) is 13.2 Å². The number of esters is 1. The molecule has 12 heteroatoms. The smallest absolute Gasteiger partial charge is 0.389 e. The van der Waals surface area contributed by atoms with E-state index in [0.717, 1.165) is 5.56 Å². The molecule has 0 spiro atoms. The van der Waals surface area contributed by atoms with Crippen molar-refractivity contribution in [2.24, 2.45) is 0 Å². The minimum absolute atomic E-state index is 0.0668. The van der Waals surface area contributed by atoms with Crippen molar-refractivity contribution in [1.82, 2.24) is 14.6 Å². The average Bonchev–Trinajstić information content (AvgIpc) is 3.46. The molecule has 8 nitrogen and oxygen atoms in total. The van der Waals surface area contributed by atoms with Crippen LogP contribution in [0.4, 0.5) is 23.6 Å². The molecule has 2 N–H and O–H groups in total. The van der Waals surface area contributed by atoms with E-state index >= 15 is 0 Å². The highest BCUT2D eigenvalue weighted by atomic mass is 19.4. The second kappa shape index (κ2) is 10.4. The van der Waals surface area contributed by atoms with Gasteiger partial charge in [0.2, 0.25) is 5.89 Å². The maximum Gasteiger partial charge on any atom is 0.389 e. The molecule has 0 fully saturated rings. The van der Waals surface area contributed by atoms with Crippen molar-refractivity contribution >= 4 is 17.5 Å². The fourth-order valence-electron chi connectivity index (χ4n) is 3.65. The monoisotopic (exact) mass is 506 g/mol. The molecule has 0 bridgehead atoms. The van der Waals surface area contributed by atoms with Crippen LogP contribution in [0.25, 0.3) is 16.6 Å². The summed E-state index contributed by atoms with van der Waals surface area (Å²) in [7, 11) is 0. The van der Waals surface area contributed by atoms with E-state index in [4.69, 9.17) is 9.15 Å². The van der Waals surface area contributed by atoms with Gasteiger partial charge in [0, 0.05) is 30.9 Å². The number of alkyl halides is 3. The van der Waals surface area contributed by atoms with Crippen molar-refractivity contribution in [3.8, 4) is 11.1 Å². The van der Waals surface area contributed by atoms with Crippen molar-refractivity contribution in [3.05, 3.63) is 71.6 Å². The molecule has 0 saturated heterocycles. The lowest BCUT2D eigenvalue weighted by atomic mass is 10.0. The van der Waals surface area contributed by atoms with E-state index in [-0.39, 0.29) is 25.1 Å². The van der Waals surface area contributed by atoms with Crippen LogP contribution < -0.4 is 5.32 Å². The summed E-state index contributed by atoms with van der Waals surface area (Å²) in [6.07, 6.45) is -4.32. The van der Waals surface area contributed by atoms with Crippen LogP contribution in [0.3, 0.4) is 0 Å². The first-order chi connectivity index (χ1) is 17.1. The van der Waals surface area contributed by atoms with Gasteiger partial charge in [-0.15, -0.1) is 5.10 Å². The number of benzene rings is 1. The second-order valence-electron chi connectivity index (χ2n) is 7.94. The number of nitrogens with one attached hydrogen (secondary N) is 1. The van der Waals surface area contributed by atoms with E-state index < -0.39 is 36.9 Å². The van der Waals surface area contributed by atoms with Gasteiger partial charge in [0.25, 0.3) is 0 Å². The van der Waals surface area contributed by atoms with Gasteiger partial charge in [0.1, 0.15) is 11.9 Å². The Morgan fingerprint density at radius 1 is 1.17 bits per heavy atom. The van der Waals surface area contributed by atoms with E-state index in [9.17, 15) is 27.5 Å². The first-order valence-electron chi connectivity index (χ1n) is 11.0. The number of carbonyl (C=O) groups is 1. The predicted octanol–water partition coefficient (Wildman–Crippen LogP) is 5.29. The molecular weight excluding hydrogens is 484 g/mol. The zero-order valence-corrected chi connectivity index (χ0v) is 19.1. The minimum atomic E-state index is -4.40. The van der Waals surface area contributed by atoms with Crippen molar-refractivity contribution < 1.29 is 36.6 Å². The molecule has 0 aliphatic rings. The number of rotatable bonds is 9. The van der Waals surface area contributed by atoms with Crippen LogP contribution in [0.5, 0.6) is 0 Å². The number of hydrogen-bond donors (Lipinski definition) is 2.